The first-order valence-electron chi connectivity index (χ1n) is 6.85. The molecule has 0 unspecified atom stereocenters. The van der Waals surface area contributed by atoms with Gasteiger partial charge in [0, 0.05) is 31.5 Å². The summed E-state index contributed by atoms with van der Waals surface area (Å²) < 4.78 is 7.77. The molecule has 1 aliphatic rings. The number of morpholine rings is 1. The summed E-state index contributed by atoms with van der Waals surface area (Å²) in [5.41, 5.74) is 1.23. The first-order chi connectivity index (χ1) is 10.1. The van der Waals surface area contributed by atoms with Gasteiger partial charge in [-0.25, -0.2) is 4.98 Å². The highest BCUT2D eigenvalue weighted by molar-refractivity contribution is 5.43. The van der Waals surface area contributed by atoms with Gasteiger partial charge in [0.25, 0.3) is 0 Å². The van der Waals surface area contributed by atoms with Crippen LogP contribution in [-0.2, 0) is 17.4 Å². The van der Waals surface area contributed by atoms with Gasteiger partial charge in [0.1, 0.15) is 17.5 Å². The van der Waals surface area contributed by atoms with E-state index in [1.54, 1.807) is 16.9 Å². The number of anilines is 1. The molecule has 3 rings (SSSR count). The maximum atomic E-state index is 8.84. The Labute approximate surface area is 123 Å². The van der Waals surface area contributed by atoms with Gasteiger partial charge >= 0.3 is 0 Å². The second-order valence-electron chi connectivity index (χ2n) is 5.42. The van der Waals surface area contributed by atoms with Crippen molar-refractivity contribution in [2.24, 2.45) is 7.05 Å². The lowest BCUT2D eigenvalue weighted by molar-refractivity contribution is -0.0468. The summed E-state index contributed by atoms with van der Waals surface area (Å²) in [6, 6.07) is 5.76. The summed E-state index contributed by atoms with van der Waals surface area (Å²) in [5, 5.41) is 13.1. The van der Waals surface area contributed by atoms with Crippen LogP contribution in [0.25, 0.3) is 0 Å². The van der Waals surface area contributed by atoms with Crippen LogP contribution in [-0.4, -0.2) is 34.5 Å². The second kappa shape index (κ2) is 5.19. The maximum Gasteiger partial charge on any atom is 0.128 e. The van der Waals surface area contributed by atoms with E-state index in [9.17, 15) is 0 Å². The molecule has 0 amide bonds. The molecule has 3 heterocycles. The van der Waals surface area contributed by atoms with Gasteiger partial charge < -0.3 is 9.64 Å². The Morgan fingerprint density at radius 1 is 1.38 bits per heavy atom. The summed E-state index contributed by atoms with van der Waals surface area (Å²) in [7, 11) is 1.90. The number of nitrogens with zero attached hydrogens (tertiary/aromatic N) is 5. The summed E-state index contributed by atoms with van der Waals surface area (Å²) in [6.07, 6.45) is 5.43. The molecule has 0 radical (unpaired) electrons. The van der Waals surface area contributed by atoms with E-state index < -0.39 is 5.60 Å². The van der Waals surface area contributed by atoms with Crippen molar-refractivity contribution in [3.8, 4) is 6.07 Å². The van der Waals surface area contributed by atoms with Crippen molar-refractivity contribution in [3.05, 3.63) is 41.9 Å². The van der Waals surface area contributed by atoms with Crippen LogP contribution in [0.4, 0.5) is 5.82 Å². The molecule has 6 nitrogen and oxygen atoms in total. The zero-order chi connectivity index (χ0) is 14.9. The molecule has 0 aromatic carbocycles. The topological polar surface area (TPSA) is 67.0 Å². The summed E-state index contributed by atoms with van der Waals surface area (Å²) in [5.74, 6) is 0.868. The van der Waals surface area contributed by atoms with Crippen molar-refractivity contribution in [1.29, 1.82) is 5.26 Å². The fourth-order valence-electron chi connectivity index (χ4n) is 2.57. The fourth-order valence-corrected chi connectivity index (χ4v) is 2.57. The van der Waals surface area contributed by atoms with Crippen molar-refractivity contribution < 1.29 is 4.74 Å². The van der Waals surface area contributed by atoms with Gasteiger partial charge in [-0.2, -0.15) is 10.4 Å². The third kappa shape index (κ3) is 2.60. The largest absolute Gasteiger partial charge is 0.367 e. The third-order valence-electron chi connectivity index (χ3n) is 3.79. The molecule has 0 N–H and O–H groups in total. The van der Waals surface area contributed by atoms with E-state index in [2.05, 4.69) is 28.0 Å². The number of nitriles is 1. The standard InChI is InChI=1S/C15H17N5O/c1-15(13-9-18-19(2)10-13)11-20(5-6-21-15)14-4-3-12(7-16)8-17-14/h3-4,8-10H,5-6,11H2,1-2H3/t15-/m1/s1. The lowest BCUT2D eigenvalue weighted by Gasteiger charge is -2.40. The van der Waals surface area contributed by atoms with Crippen molar-refractivity contribution >= 4 is 5.82 Å². The van der Waals surface area contributed by atoms with Crippen LogP contribution in [0.5, 0.6) is 0 Å². The van der Waals surface area contributed by atoms with E-state index in [1.165, 1.54) is 0 Å². The van der Waals surface area contributed by atoms with E-state index in [4.69, 9.17) is 10.00 Å². The number of ether oxygens (including phenoxy) is 1. The maximum absolute atomic E-state index is 8.84. The van der Waals surface area contributed by atoms with Crippen LogP contribution < -0.4 is 4.90 Å². The first kappa shape index (κ1) is 13.6. The van der Waals surface area contributed by atoms with Crippen LogP contribution in [0.1, 0.15) is 18.1 Å². The molecule has 1 atom stereocenters. The molecule has 6 heteroatoms. The van der Waals surface area contributed by atoms with Gasteiger partial charge in [-0.05, 0) is 19.1 Å². The number of hydrogen-bond acceptors (Lipinski definition) is 5. The van der Waals surface area contributed by atoms with Gasteiger partial charge in [0.15, 0.2) is 0 Å². The van der Waals surface area contributed by atoms with Crippen LogP contribution >= 0.6 is 0 Å². The predicted molar refractivity (Wildman–Crippen MR) is 77.7 cm³/mol. The number of pyridine rings is 1. The predicted octanol–water partition coefficient (Wildman–Crippen LogP) is 1.44. The third-order valence-corrected chi connectivity index (χ3v) is 3.79. The molecular weight excluding hydrogens is 266 g/mol. The second-order valence-corrected chi connectivity index (χ2v) is 5.42. The number of aryl methyl sites for hydroxylation is 1. The smallest absolute Gasteiger partial charge is 0.128 e. The normalized spacial score (nSPS) is 22.0. The van der Waals surface area contributed by atoms with Gasteiger partial charge in [-0.3, -0.25) is 4.68 Å². The van der Waals surface area contributed by atoms with Crippen LogP contribution in [0, 0.1) is 11.3 Å². The quantitative estimate of drug-likeness (QED) is 0.834. The fraction of sp³-hybridized carbons (Fsp3) is 0.400. The van der Waals surface area contributed by atoms with Gasteiger partial charge in [-0.1, -0.05) is 0 Å². The lowest BCUT2D eigenvalue weighted by atomic mass is 9.97. The Morgan fingerprint density at radius 3 is 2.86 bits per heavy atom. The minimum Gasteiger partial charge on any atom is -0.367 e. The van der Waals surface area contributed by atoms with E-state index in [-0.39, 0.29) is 0 Å². The SMILES string of the molecule is Cn1cc([C@@]2(C)CN(c3ccc(C#N)cn3)CCO2)cn1. The van der Waals surface area contributed by atoms with Crippen LogP contribution in [0.2, 0.25) is 0 Å². The molecule has 0 aliphatic carbocycles. The van der Waals surface area contributed by atoms with E-state index in [1.807, 2.05) is 25.5 Å². The lowest BCUT2D eigenvalue weighted by Crippen LogP contribution is -2.48. The van der Waals surface area contributed by atoms with Gasteiger partial charge in [-0.15, -0.1) is 0 Å². The molecule has 1 aliphatic heterocycles. The molecule has 0 saturated carbocycles. The van der Waals surface area contributed by atoms with Crippen molar-refractivity contribution in [1.82, 2.24) is 14.8 Å². The Morgan fingerprint density at radius 2 is 2.24 bits per heavy atom. The van der Waals surface area contributed by atoms with E-state index in [0.29, 0.717) is 18.7 Å². The molecule has 2 aromatic heterocycles. The average molecular weight is 283 g/mol. The Hall–Kier alpha value is -2.39. The molecule has 1 saturated heterocycles. The molecule has 2 aromatic rings. The van der Waals surface area contributed by atoms with Crippen LogP contribution in [0.3, 0.4) is 0 Å². The van der Waals surface area contributed by atoms with E-state index in [0.717, 1.165) is 17.9 Å². The zero-order valence-corrected chi connectivity index (χ0v) is 12.2. The Kier molecular flexibility index (Phi) is 3.35. The molecule has 108 valence electrons. The Bertz CT molecular complexity index is 672. The summed E-state index contributed by atoms with van der Waals surface area (Å²) >= 11 is 0. The highest BCUT2D eigenvalue weighted by Gasteiger charge is 2.35. The van der Waals surface area contributed by atoms with Crippen LogP contribution in [0.15, 0.2) is 30.7 Å². The number of aromatic nitrogens is 3. The number of rotatable bonds is 2. The molecule has 1 fully saturated rings. The monoisotopic (exact) mass is 283 g/mol. The number of hydrogen-bond donors (Lipinski definition) is 0. The summed E-state index contributed by atoms with van der Waals surface area (Å²) in [4.78, 5) is 6.54. The molecule has 0 bridgehead atoms. The average Bonchev–Trinajstić information content (AvgIpc) is 2.95. The van der Waals surface area contributed by atoms with Crippen molar-refractivity contribution in [3.63, 3.8) is 0 Å². The van der Waals surface area contributed by atoms with Gasteiger partial charge in [0.2, 0.25) is 0 Å². The van der Waals surface area contributed by atoms with Crippen molar-refractivity contribution in [2.45, 2.75) is 12.5 Å². The first-order valence-corrected chi connectivity index (χ1v) is 6.85. The van der Waals surface area contributed by atoms with Crippen molar-refractivity contribution in [2.75, 3.05) is 24.6 Å². The minimum absolute atomic E-state index is 0.401. The highest BCUT2D eigenvalue weighted by atomic mass is 16.5. The summed E-state index contributed by atoms with van der Waals surface area (Å²) in [6.45, 7) is 4.19. The minimum atomic E-state index is -0.401. The molecular formula is C15H17N5O. The Balaban J connectivity index is 1.83. The molecule has 21 heavy (non-hydrogen) atoms. The highest BCUT2D eigenvalue weighted by Crippen LogP contribution is 2.30. The zero-order valence-electron chi connectivity index (χ0n) is 12.2. The molecule has 0 spiro atoms. The van der Waals surface area contributed by atoms with Gasteiger partial charge in [0.05, 0.1) is 24.9 Å². The van der Waals surface area contributed by atoms with E-state index >= 15 is 0 Å².